The van der Waals surface area contributed by atoms with Gasteiger partial charge in [-0.2, -0.15) is 11.3 Å². The van der Waals surface area contributed by atoms with E-state index in [0.29, 0.717) is 6.04 Å². The fourth-order valence-electron chi connectivity index (χ4n) is 3.25. The topological polar surface area (TPSA) is 15.3 Å². The largest absolute Gasteiger partial charge is 0.309 e. The van der Waals surface area contributed by atoms with E-state index in [4.69, 9.17) is 0 Å². The highest BCUT2D eigenvalue weighted by molar-refractivity contribution is 7.07. The summed E-state index contributed by atoms with van der Waals surface area (Å²) in [4.78, 5) is 2.70. The number of nitrogens with zero attached hydrogens (tertiary/aromatic N) is 1. The molecule has 1 saturated heterocycles. The molecule has 1 aliphatic rings. The number of rotatable bonds is 5. The van der Waals surface area contributed by atoms with Crippen molar-refractivity contribution in [3.8, 4) is 0 Å². The van der Waals surface area contributed by atoms with Gasteiger partial charge >= 0.3 is 0 Å². The van der Waals surface area contributed by atoms with Crippen LogP contribution in [0.3, 0.4) is 0 Å². The smallest absolute Gasteiger partial charge is 0.0509 e. The van der Waals surface area contributed by atoms with Crippen molar-refractivity contribution in [2.75, 3.05) is 19.6 Å². The van der Waals surface area contributed by atoms with Gasteiger partial charge in [0, 0.05) is 5.54 Å². The summed E-state index contributed by atoms with van der Waals surface area (Å²) in [7, 11) is 0. The minimum atomic E-state index is 0.182. The lowest BCUT2D eigenvalue weighted by Crippen LogP contribution is -2.53. The summed E-state index contributed by atoms with van der Waals surface area (Å²) in [6, 6.07) is 2.71. The second-order valence-corrected chi connectivity index (χ2v) is 6.88. The summed E-state index contributed by atoms with van der Waals surface area (Å²) in [5, 5.41) is 8.20. The van der Waals surface area contributed by atoms with Gasteiger partial charge in [0.2, 0.25) is 0 Å². The molecular formula is C16H28N2S. The van der Waals surface area contributed by atoms with Gasteiger partial charge in [-0.1, -0.05) is 19.8 Å². The van der Waals surface area contributed by atoms with E-state index < -0.39 is 0 Å². The Morgan fingerprint density at radius 2 is 1.95 bits per heavy atom. The molecule has 1 N–H and O–H groups in total. The monoisotopic (exact) mass is 280 g/mol. The van der Waals surface area contributed by atoms with Gasteiger partial charge in [-0.05, 0) is 68.7 Å². The van der Waals surface area contributed by atoms with E-state index in [0.717, 1.165) is 6.54 Å². The quantitative estimate of drug-likeness (QED) is 0.875. The van der Waals surface area contributed by atoms with Crippen molar-refractivity contribution < 1.29 is 0 Å². The average Bonchev–Trinajstić information content (AvgIpc) is 2.76. The third-order valence-corrected chi connectivity index (χ3v) is 5.11. The van der Waals surface area contributed by atoms with Crippen molar-refractivity contribution in [1.29, 1.82) is 0 Å². The first-order valence-corrected chi connectivity index (χ1v) is 8.61. The number of thiophene rings is 1. The fraction of sp³-hybridized carbons (Fsp3) is 0.750. The lowest BCUT2D eigenvalue weighted by molar-refractivity contribution is 0.0842. The van der Waals surface area contributed by atoms with Crippen LogP contribution in [0, 0.1) is 0 Å². The van der Waals surface area contributed by atoms with Gasteiger partial charge in [-0.3, -0.25) is 4.90 Å². The van der Waals surface area contributed by atoms with Crippen molar-refractivity contribution in [2.24, 2.45) is 0 Å². The molecule has 0 aromatic carbocycles. The van der Waals surface area contributed by atoms with Gasteiger partial charge in [-0.25, -0.2) is 0 Å². The molecule has 19 heavy (non-hydrogen) atoms. The van der Waals surface area contributed by atoms with Crippen molar-refractivity contribution >= 4 is 11.3 Å². The van der Waals surface area contributed by atoms with Crippen LogP contribution in [0.2, 0.25) is 0 Å². The summed E-state index contributed by atoms with van der Waals surface area (Å²) in [5.74, 6) is 0. The lowest BCUT2D eigenvalue weighted by Gasteiger charge is -2.44. The van der Waals surface area contributed by atoms with Crippen LogP contribution < -0.4 is 5.32 Å². The summed E-state index contributed by atoms with van der Waals surface area (Å²) in [5.41, 5.74) is 1.63. The molecule has 3 heteroatoms. The van der Waals surface area contributed by atoms with Crippen molar-refractivity contribution in [1.82, 2.24) is 10.2 Å². The minimum Gasteiger partial charge on any atom is -0.309 e. The Kier molecular flexibility index (Phi) is 5.43. The molecule has 2 rings (SSSR count). The minimum absolute atomic E-state index is 0.182. The van der Waals surface area contributed by atoms with Crippen molar-refractivity contribution in [3.05, 3.63) is 22.4 Å². The van der Waals surface area contributed by atoms with Gasteiger partial charge in [-0.15, -0.1) is 0 Å². The highest BCUT2D eigenvalue weighted by Gasteiger charge is 2.36. The number of hydrogen-bond acceptors (Lipinski definition) is 3. The molecule has 2 heterocycles. The van der Waals surface area contributed by atoms with E-state index in [1.807, 2.05) is 0 Å². The number of likely N-dealkylation sites (tertiary alicyclic amines) is 1. The van der Waals surface area contributed by atoms with Crippen LogP contribution in [-0.4, -0.2) is 30.1 Å². The van der Waals surface area contributed by atoms with E-state index >= 15 is 0 Å². The highest BCUT2D eigenvalue weighted by atomic mass is 32.1. The first kappa shape index (κ1) is 15.0. The van der Waals surface area contributed by atoms with Crippen LogP contribution in [0.1, 0.15) is 58.1 Å². The predicted octanol–water partition coefficient (Wildman–Crippen LogP) is 4.05. The molecule has 0 spiro atoms. The van der Waals surface area contributed by atoms with E-state index in [-0.39, 0.29) is 5.54 Å². The summed E-state index contributed by atoms with van der Waals surface area (Å²) in [6.45, 7) is 10.5. The maximum atomic E-state index is 3.71. The van der Waals surface area contributed by atoms with Crippen LogP contribution in [0.5, 0.6) is 0 Å². The Labute approximate surface area is 122 Å². The first-order valence-electron chi connectivity index (χ1n) is 7.66. The third-order valence-electron chi connectivity index (χ3n) is 4.41. The SMILES string of the molecule is CCNC(c1ccsc1)C(C)(C)N1CCCCCC1. The lowest BCUT2D eigenvalue weighted by atomic mass is 9.87. The van der Waals surface area contributed by atoms with E-state index in [9.17, 15) is 0 Å². The maximum Gasteiger partial charge on any atom is 0.0509 e. The Balaban J connectivity index is 2.17. The van der Waals surface area contributed by atoms with Gasteiger partial charge in [0.05, 0.1) is 6.04 Å². The zero-order chi connectivity index (χ0) is 13.7. The number of nitrogens with one attached hydrogen (secondary N) is 1. The van der Waals surface area contributed by atoms with Gasteiger partial charge in [0.25, 0.3) is 0 Å². The molecule has 1 aromatic rings. The standard InChI is InChI=1S/C16H28N2S/c1-4-17-15(14-9-12-19-13-14)16(2,3)18-10-7-5-6-8-11-18/h9,12-13,15,17H,4-8,10-11H2,1-3H3. The summed E-state index contributed by atoms with van der Waals surface area (Å²) >= 11 is 1.80. The second kappa shape index (κ2) is 6.87. The Morgan fingerprint density at radius 3 is 2.47 bits per heavy atom. The molecule has 108 valence electrons. The normalized spacial score (nSPS) is 20.2. The van der Waals surface area contributed by atoms with E-state index in [1.165, 1.54) is 44.3 Å². The summed E-state index contributed by atoms with van der Waals surface area (Å²) in [6.07, 6.45) is 5.51. The molecule has 0 aliphatic carbocycles. The molecule has 0 amide bonds. The molecular weight excluding hydrogens is 252 g/mol. The first-order chi connectivity index (χ1) is 9.16. The van der Waals surface area contributed by atoms with Crippen LogP contribution in [0.4, 0.5) is 0 Å². The zero-order valence-corrected chi connectivity index (χ0v) is 13.4. The predicted molar refractivity (Wildman–Crippen MR) is 84.9 cm³/mol. The van der Waals surface area contributed by atoms with E-state index in [2.05, 4.69) is 47.8 Å². The molecule has 0 bridgehead atoms. The van der Waals surface area contributed by atoms with Gasteiger partial charge in [0.1, 0.15) is 0 Å². The zero-order valence-electron chi connectivity index (χ0n) is 12.6. The van der Waals surface area contributed by atoms with Crippen LogP contribution >= 0.6 is 11.3 Å². The molecule has 1 aromatic heterocycles. The van der Waals surface area contributed by atoms with Crippen molar-refractivity contribution in [2.45, 2.75) is 58.0 Å². The van der Waals surface area contributed by atoms with Gasteiger partial charge < -0.3 is 5.32 Å². The molecule has 0 radical (unpaired) electrons. The third kappa shape index (κ3) is 3.59. The Morgan fingerprint density at radius 1 is 1.26 bits per heavy atom. The second-order valence-electron chi connectivity index (χ2n) is 6.10. The molecule has 1 fully saturated rings. The number of hydrogen-bond donors (Lipinski definition) is 1. The Bertz CT molecular complexity index is 351. The molecule has 1 atom stereocenters. The molecule has 1 unspecified atom stereocenters. The van der Waals surface area contributed by atoms with Crippen LogP contribution in [-0.2, 0) is 0 Å². The van der Waals surface area contributed by atoms with Crippen LogP contribution in [0.15, 0.2) is 16.8 Å². The van der Waals surface area contributed by atoms with Gasteiger partial charge in [0.15, 0.2) is 0 Å². The molecule has 1 aliphatic heterocycles. The van der Waals surface area contributed by atoms with Crippen molar-refractivity contribution in [3.63, 3.8) is 0 Å². The molecule has 0 saturated carbocycles. The fourth-order valence-corrected chi connectivity index (χ4v) is 3.93. The maximum absolute atomic E-state index is 3.71. The van der Waals surface area contributed by atoms with E-state index in [1.54, 1.807) is 11.3 Å². The molecule has 2 nitrogen and oxygen atoms in total. The highest BCUT2D eigenvalue weighted by Crippen LogP contribution is 2.33. The average molecular weight is 280 g/mol. The summed E-state index contributed by atoms with van der Waals surface area (Å²) < 4.78 is 0. The van der Waals surface area contributed by atoms with Crippen LogP contribution in [0.25, 0.3) is 0 Å². The number of likely N-dealkylation sites (N-methyl/N-ethyl adjacent to an activating group) is 1. The Hall–Kier alpha value is -0.380.